The minimum absolute atomic E-state index is 0.0206. The molecule has 0 saturated heterocycles. The molecule has 1 amide bonds. The van der Waals surface area contributed by atoms with Gasteiger partial charge in [0.1, 0.15) is 12.6 Å². The predicted octanol–water partition coefficient (Wildman–Crippen LogP) is 0.0484. The van der Waals surface area contributed by atoms with Gasteiger partial charge in [-0.3, -0.25) is 9.59 Å². The lowest BCUT2D eigenvalue weighted by molar-refractivity contribution is -0.139. The summed E-state index contributed by atoms with van der Waals surface area (Å²) in [5, 5.41) is 14.4. The molecule has 1 atom stereocenters. The van der Waals surface area contributed by atoms with Crippen LogP contribution in [-0.4, -0.2) is 103 Å². The van der Waals surface area contributed by atoms with Crippen molar-refractivity contribution in [1.82, 2.24) is 10.6 Å². The molecule has 3 N–H and O–H groups in total. The minimum Gasteiger partial charge on any atom is -0.480 e. The van der Waals surface area contributed by atoms with Gasteiger partial charge in [-0.1, -0.05) is 0 Å². The number of amides is 1. The van der Waals surface area contributed by atoms with Crippen LogP contribution in [0.25, 0.3) is 0 Å². The quantitative estimate of drug-likeness (QED) is 0.208. The highest BCUT2D eigenvalue weighted by atomic mass is 16.6. The first-order valence-corrected chi connectivity index (χ1v) is 10.2. The maximum atomic E-state index is 11.6. The van der Waals surface area contributed by atoms with Gasteiger partial charge in [0, 0.05) is 13.2 Å². The van der Waals surface area contributed by atoms with Gasteiger partial charge in [-0.05, 0) is 33.2 Å². The Kier molecular flexibility index (Phi) is 20.5. The van der Waals surface area contributed by atoms with Crippen LogP contribution in [0.5, 0.6) is 0 Å². The van der Waals surface area contributed by atoms with Crippen LogP contribution < -0.4 is 10.6 Å². The van der Waals surface area contributed by atoms with Crippen molar-refractivity contribution < 1.29 is 38.4 Å². The number of aliphatic carboxylic acids is 1. The molecule has 0 aliphatic rings. The molecule has 0 aromatic carbocycles. The van der Waals surface area contributed by atoms with Gasteiger partial charge in [-0.2, -0.15) is 0 Å². The summed E-state index contributed by atoms with van der Waals surface area (Å²) in [5.41, 5.74) is 0. The van der Waals surface area contributed by atoms with Gasteiger partial charge in [-0.25, -0.2) is 0 Å². The topological polar surface area (TPSA) is 125 Å². The van der Waals surface area contributed by atoms with Crippen molar-refractivity contribution in [3.63, 3.8) is 0 Å². The van der Waals surface area contributed by atoms with Crippen LogP contribution in [0, 0.1) is 0 Å². The number of nitrogens with one attached hydrogen (secondary N) is 2. The van der Waals surface area contributed by atoms with Crippen molar-refractivity contribution in [2.24, 2.45) is 0 Å². The number of carboxylic acids is 1. The highest BCUT2D eigenvalue weighted by Crippen LogP contribution is 2.00. The maximum absolute atomic E-state index is 11.6. The summed E-state index contributed by atoms with van der Waals surface area (Å²) >= 11 is 0. The Morgan fingerprint density at radius 3 is 1.83 bits per heavy atom. The average molecular weight is 423 g/mol. The molecule has 0 radical (unpaired) electrons. The van der Waals surface area contributed by atoms with Crippen molar-refractivity contribution >= 4 is 11.9 Å². The molecule has 0 aromatic heterocycles. The highest BCUT2D eigenvalue weighted by molar-refractivity contribution is 5.77. The molecule has 0 heterocycles. The van der Waals surface area contributed by atoms with Crippen molar-refractivity contribution in [2.45, 2.75) is 32.2 Å². The standard InChI is InChI=1S/C19H38N2O8/c1-3-25-8-9-26-10-11-27-12-13-28-14-15-29-16-18(22)21-7-5-4-6-17(20-2)19(23)24/h17,20H,3-16H2,1-2H3,(H,21,22)(H,23,24)/t17-/m0/s1. The van der Waals surface area contributed by atoms with Gasteiger partial charge in [0.25, 0.3) is 0 Å². The average Bonchev–Trinajstić information content (AvgIpc) is 2.70. The summed E-state index contributed by atoms with van der Waals surface area (Å²) < 4.78 is 26.4. The van der Waals surface area contributed by atoms with E-state index < -0.39 is 12.0 Å². The molecule has 0 saturated carbocycles. The SMILES string of the molecule is CCOCCOCCOCCOCCOCC(=O)NCCCC[C@H](NC)C(=O)O. The Hall–Kier alpha value is -1.30. The van der Waals surface area contributed by atoms with Crippen LogP contribution in [0.15, 0.2) is 0 Å². The van der Waals surface area contributed by atoms with E-state index in [1.54, 1.807) is 7.05 Å². The summed E-state index contributed by atoms with van der Waals surface area (Å²) in [5.74, 6) is -1.05. The zero-order valence-electron chi connectivity index (χ0n) is 17.8. The van der Waals surface area contributed by atoms with E-state index in [-0.39, 0.29) is 12.5 Å². The van der Waals surface area contributed by atoms with Crippen LogP contribution in [-0.2, 0) is 33.3 Å². The van der Waals surface area contributed by atoms with Crippen molar-refractivity contribution in [1.29, 1.82) is 0 Å². The number of ether oxygens (including phenoxy) is 5. The summed E-state index contributed by atoms with van der Waals surface area (Å²) in [6.45, 7) is 6.98. The molecule has 0 aromatic rings. The second-order valence-electron chi connectivity index (χ2n) is 6.11. The van der Waals surface area contributed by atoms with Gasteiger partial charge in [0.15, 0.2) is 0 Å². The molecule has 0 fully saturated rings. The molecular formula is C19H38N2O8. The number of carbonyl (C=O) groups excluding carboxylic acids is 1. The Morgan fingerprint density at radius 1 is 0.828 bits per heavy atom. The third-order valence-corrected chi connectivity index (χ3v) is 3.81. The normalized spacial score (nSPS) is 12.1. The number of hydrogen-bond donors (Lipinski definition) is 3. The monoisotopic (exact) mass is 422 g/mol. The zero-order chi connectivity index (χ0) is 21.6. The summed E-state index contributed by atoms with van der Waals surface area (Å²) in [7, 11) is 1.62. The number of likely N-dealkylation sites (N-methyl/N-ethyl adjacent to an activating group) is 1. The van der Waals surface area contributed by atoms with E-state index in [2.05, 4.69) is 10.6 Å². The fourth-order valence-electron chi connectivity index (χ4n) is 2.23. The fraction of sp³-hybridized carbons (Fsp3) is 0.895. The predicted molar refractivity (Wildman–Crippen MR) is 107 cm³/mol. The first kappa shape index (κ1) is 27.7. The lowest BCUT2D eigenvalue weighted by atomic mass is 10.1. The number of carboxylic acid groups (broad SMARTS) is 1. The first-order chi connectivity index (χ1) is 14.1. The lowest BCUT2D eigenvalue weighted by Gasteiger charge is -2.11. The minimum atomic E-state index is -0.860. The molecule has 0 rings (SSSR count). The van der Waals surface area contributed by atoms with Gasteiger partial charge in [-0.15, -0.1) is 0 Å². The van der Waals surface area contributed by atoms with Crippen LogP contribution >= 0.6 is 0 Å². The van der Waals surface area contributed by atoms with E-state index in [0.717, 1.165) is 6.42 Å². The molecule has 29 heavy (non-hydrogen) atoms. The second-order valence-corrected chi connectivity index (χ2v) is 6.11. The second kappa shape index (κ2) is 21.4. The van der Waals surface area contributed by atoms with Gasteiger partial charge in [0.2, 0.25) is 5.91 Å². The van der Waals surface area contributed by atoms with Crippen LogP contribution in [0.2, 0.25) is 0 Å². The molecule has 0 bridgehead atoms. The molecule has 0 aliphatic carbocycles. The van der Waals surface area contributed by atoms with Crippen LogP contribution in [0.1, 0.15) is 26.2 Å². The molecule has 10 heteroatoms. The number of carbonyl (C=O) groups is 2. The van der Waals surface area contributed by atoms with Crippen molar-refractivity contribution in [2.75, 3.05) is 79.7 Å². The van der Waals surface area contributed by atoms with Gasteiger partial charge < -0.3 is 39.4 Å². The summed E-state index contributed by atoms with van der Waals surface area (Å²) in [6, 6.07) is -0.543. The third kappa shape index (κ3) is 19.8. The molecule has 0 aliphatic heterocycles. The first-order valence-electron chi connectivity index (χ1n) is 10.2. The maximum Gasteiger partial charge on any atom is 0.320 e. The van der Waals surface area contributed by atoms with Gasteiger partial charge in [0.05, 0.1) is 52.9 Å². The Labute approximate surface area is 173 Å². The highest BCUT2D eigenvalue weighted by Gasteiger charge is 2.13. The zero-order valence-corrected chi connectivity index (χ0v) is 17.8. The lowest BCUT2D eigenvalue weighted by Crippen LogP contribution is -2.34. The van der Waals surface area contributed by atoms with Gasteiger partial charge >= 0.3 is 5.97 Å². The molecule has 0 unspecified atom stereocenters. The molecule has 0 spiro atoms. The molecule has 172 valence electrons. The number of hydrogen-bond acceptors (Lipinski definition) is 8. The Bertz CT molecular complexity index is 398. The number of unbranched alkanes of at least 4 members (excludes halogenated alkanes) is 1. The fourth-order valence-corrected chi connectivity index (χ4v) is 2.23. The molecule has 10 nitrogen and oxygen atoms in total. The Balaban J connectivity index is 3.27. The van der Waals surface area contributed by atoms with Crippen molar-refractivity contribution in [3.8, 4) is 0 Å². The third-order valence-electron chi connectivity index (χ3n) is 3.81. The van der Waals surface area contributed by atoms with E-state index in [1.165, 1.54) is 0 Å². The summed E-state index contributed by atoms with van der Waals surface area (Å²) in [6.07, 6.45) is 1.96. The largest absolute Gasteiger partial charge is 0.480 e. The number of rotatable bonds is 22. The van der Waals surface area contributed by atoms with Crippen LogP contribution in [0.4, 0.5) is 0 Å². The Morgan fingerprint density at radius 2 is 1.34 bits per heavy atom. The van der Waals surface area contributed by atoms with E-state index in [0.29, 0.717) is 78.8 Å². The van der Waals surface area contributed by atoms with E-state index in [4.69, 9.17) is 28.8 Å². The van der Waals surface area contributed by atoms with E-state index in [9.17, 15) is 9.59 Å². The van der Waals surface area contributed by atoms with Crippen LogP contribution in [0.3, 0.4) is 0 Å². The summed E-state index contributed by atoms with van der Waals surface area (Å²) in [4.78, 5) is 22.4. The smallest absolute Gasteiger partial charge is 0.320 e. The van der Waals surface area contributed by atoms with Crippen molar-refractivity contribution in [3.05, 3.63) is 0 Å². The van der Waals surface area contributed by atoms with E-state index >= 15 is 0 Å². The molecular weight excluding hydrogens is 384 g/mol. The van der Waals surface area contributed by atoms with E-state index in [1.807, 2.05) is 6.92 Å².